The van der Waals surface area contributed by atoms with Crippen LogP contribution in [-0.2, 0) is 27.2 Å². The summed E-state index contributed by atoms with van der Waals surface area (Å²) in [5, 5.41) is 54.4. The van der Waals surface area contributed by atoms with Crippen molar-refractivity contribution in [2.45, 2.75) is 128 Å². The lowest BCUT2D eigenvalue weighted by molar-refractivity contribution is -0.139. The van der Waals surface area contributed by atoms with Gasteiger partial charge in [0.15, 0.2) is 5.82 Å². The maximum Gasteiger partial charge on any atom is 0.305 e. The number of aromatic nitrogens is 5. The lowest BCUT2D eigenvalue weighted by Gasteiger charge is -2.22. The summed E-state index contributed by atoms with van der Waals surface area (Å²) in [4.78, 5) is 32.7. The van der Waals surface area contributed by atoms with Crippen LogP contribution in [0.3, 0.4) is 0 Å². The van der Waals surface area contributed by atoms with Gasteiger partial charge in [-0.05, 0) is 134 Å². The molecule has 2 aromatic heterocycles. The molecule has 1 fully saturated rings. The van der Waals surface area contributed by atoms with Crippen molar-refractivity contribution in [3.05, 3.63) is 131 Å². The Labute approximate surface area is 418 Å². The highest BCUT2D eigenvalue weighted by Gasteiger charge is 2.22. The maximum atomic E-state index is 13.5. The topological polar surface area (TPSA) is 228 Å². The fourth-order valence-electron chi connectivity index (χ4n) is 9.06. The number of carboxylic acids is 2. The number of carbonyl (C=O) groups excluding carboxylic acids is 1. The number of benzene rings is 4. The van der Waals surface area contributed by atoms with Crippen LogP contribution in [0.2, 0.25) is 5.02 Å². The number of nitrogens with zero attached hydrogens (tertiary/aromatic N) is 5. The molecule has 15 nitrogen and oxygen atoms in total. The number of para-hydroxylation sites is 1. The van der Waals surface area contributed by atoms with E-state index in [1.165, 1.54) is 44.2 Å². The zero-order valence-corrected chi connectivity index (χ0v) is 41.1. The third kappa shape index (κ3) is 15.8. The molecule has 8 rings (SSSR count). The maximum absolute atomic E-state index is 13.5. The lowest BCUT2D eigenvalue weighted by Crippen LogP contribution is -2.19. The minimum atomic E-state index is -1.13. The molecule has 3 atom stereocenters. The number of ether oxygens (including phenoxy) is 1. The zero-order valence-electron chi connectivity index (χ0n) is 40.3. The third-order valence-corrected chi connectivity index (χ3v) is 12.8. The summed E-state index contributed by atoms with van der Waals surface area (Å²) in [7, 11) is 0. The van der Waals surface area contributed by atoms with Gasteiger partial charge < -0.3 is 40.8 Å². The molecule has 2 aliphatic rings. The van der Waals surface area contributed by atoms with Gasteiger partial charge in [-0.3, -0.25) is 14.4 Å². The summed E-state index contributed by atoms with van der Waals surface area (Å²) >= 11 is 5.72. The molecule has 3 heterocycles. The SMILES string of the molecule is CC(C)n1c(/C=C/[C@@H](O)C[C@@H](O)CC(=O)O)c(-c2ccc(F)cc2)c2ccccc21.NCC(CC(=O)O)c1ccc(Cl)cc1.O=C1CCc2cc(OCCCCc3nnnn3C3CCCCC3)ccc2N1. The molecule has 71 heavy (non-hydrogen) atoms. The number of rotatable bonds is 19. The number of fused-ring (bicyclic) bond motifs is 2. The van der Waals surface area contributed by atoms with Crippen molar-refractivity contribution < 1.29 is 43.9 Å². The molecular formula is C54H65ClFN7O8. The van der Waals surface area contributed by atoms with E-state index in [1.54, 1.807) is 36.4 Å². The zero-order chi connectivity index (χ0) is 50.9. The number of hydrogen-bond acceptors (Lipinski definition) is 10. The van der Waals surface area contributed by atoms with Crippen molar-refractivity contribution in [1.29, 1.82) is 0 Å². The van der Waals surface area contributed by atoms with Gasteiger partial charge in [-0.1, -0.05) is 79.4 Å². The highest BCUT2D eigenvalue weighted by molar-refractivity contribution is 6.30. The molecule has 17 heteroatoms. The molecular weight excluding hydrogens is 929 g/mol. The summed E-state index contributed by atoms with van der Waals surface area (Å²) in [6.07, 6.45) is 11.3. The van der Waals surface area contributed by atoms with Gasteiger partial charge in [-0.25, -0.2) is 9.07 Å². The number of aliphatic carboxylic acids is 2. The lowest BCUT2D eigenvalue weighted by atomic mass is 9.95. The minimum Gasteiger partial charge on any atom is -0.494 e. The molecule has 0 spiro atoms. The smallest absolute Gasteiger partial charge is 0.305 e. The summed E-state index contributed by atoms with van der Waals surface area (Å²) in [6.45, 7) is 5.13. The number of amides is 1. The molecule has 4 aromatic carbocycles. The van der Waals surface area contributed by atoms with E-state index >= 15 is 0 Å². The van der Waals surface area contributed by atoms with Gasteiger partial charge in [0.05, 0.1) is 37.7 Å². The Morgan fingerprint density at radius 3 is 2.34 bits per heavy atom. The number of aryl methyl sites for hydroxylation is 2. The van der Waals surface area contributed by atoms with E-state index in [0.717, 1.165) is 81.8 Å². The number of halogens is 2. The predicted octanol–water partition coefficient (Wildman–Crippen LogP) is 9.95. The van der Waals surface area contributed by atoms with Gasteiger partial charge >= 0.3 is 11.9 Å². The first kappa shape index (κ1) is 53.9. The van der Waals surface area contributed by atoms with E-state index in [1.807, 2.05) is 54.6 Å². The quantitative estimate of drug-likeness (QED) is 0.0417. The first-order valence-corrected chi connectivity index (χ1v) is 24.7. The number of hydrogen-bond donors (Lipinski definition) is 6. The summed E-state index contributed by atoms with van der Waals surface area (Å²) in [5.41, 5.74) is 12.1. The van der Waals surface area contributed by atoms with E-state index in [2.05, 4.69) is 43.9 Å². The Morgan fingerprint density at radius 2 is 1.65 bits per heavy atom. The average molecular weight is 995 g/mol. The summed E-state index contributed by atoms with van der Waals surface area (Å²) in [6, 6.07) is 27.8. The van der Waals surface area contributed by atoms with Crippen LogP contribution in [0, 0.1) is 5.82 Å². The van der Waals surface area contributed by atoms with Gasteiger partial charge in [0.25, 0.3) is 0 Å². The molecule has 7 N–H and O–H groups in total. The van der Waals surface area contributed by atoms with E-state index in [9.17, 15) is 29.0 Å². The highest BCUT2D eigenvalue weighted by atomic mass is 35.5. The van der Waals surface area contributed by atoms with Gasteiger partial charge in [-0.2, -0.15) is 0 Å². The molecule has 6 aromatic rings. The number of nitrogens with one attached hydrogen (secondary N) is 1. The van der Waals surface area contributed by atoms with Gasteiger partial charge in [-0.15, -0.1) is 5.10 Å². The van der Waals surface area contributed by atoms with E-state index in [0.29, 0.717) is 30.6 Å². The second kappa shape index (κ2) is 26.7. The van der Waals surface area contributed by atoms with Crippen LogP contribution >= 0.6 is 11.6 Å². The van der Waals surface area contributed by atoms with Crippen molar-refractivity contribution >= 4 is 52.1 Å². The van der Waals surface area contributed by atoms with E-state index in [4.69, 9.17) is 32.3 Å². The monoisotopic (exact) mass is 993 g/mol. The first-order valence-electron chi connectivity index (χ1n) is 24.3. The number of carboxylic acid groups (broad SMARTS) is 2. The van der Waals surface area contributed by atoms with Crippen molar-refractivity contribution in [2.24, 2.45) is 5.73 Å². The Balaban J connectivity index is 0.000000185. The number of aliphatic hydroxyl groups excluding tert-OH is 2. The second-order valence-electron chi connectivity index (χ2n) is 18.2. The second-order valence-corrected chi connectivity index (χ2v) is 18.7. The fourth-order valence-corrected chi connectivity index (χ4v) is 9.19. The Bertz CT molecular complexity index is 2700. The summed E-state index contributed by atoms with van der Waals surface area (Å²) in [5.74, 6) is -0.432. The Hall–Kier alpha value is -6.46. The predicted molar refractivity (Wildman–Crippen MR) is 273 cm³/mol. The van der Waals surface area contributed by atoms with Crippen molar-refractivity contribution in [3.63, 3.8) is 0 Å². The van der Waals surface area contributed by atoms with Gasteiger partial charge in [0.2, 0.25) is 5.91 Å². The van der Waals surface area contributed by atoms with Crippen LogP contribution in [0.5, 0.6) is 5.75 Å². The Kier molecular flexibility index (Phi) is 20.2. The third-order valence-electron chi connectivity index (χ3n) is 12.6. The van der Waals surface area contributed by atoms with Crippen LogP contribution < -0.4 is 15.8 Å². The number of tetrazole rings is 1. The minimum absolute atomic E-state index is 0.0537. The van der Waals surface area contributed by atoms with Gasteiger partial charge in [0, 0.05) is 64.1 Å². The van der Waals surface area contributed by atoms with Crippen LogP contribution in [0.4, 0.5) is 10.1 Å². The van der Waals surface area contributed by atoms with E-state index in [-0.39, 0.29) is 36.5 Å². The van der Waals surface area contributed by atoms with Crippen LogP contribution in [0.25, 0.3) is 28.1 Å². The van der Waals surface area contributed by atoms with Crippen LogP contribution in [-0.4, -0.2) is 88.4 Å². The van der Waals surface area contributed by atoms with Crippen LogP contribution in [0.1, 0.15) is 125 Å². The molecule has 1 saturated carbocycles. The molecule has 0 radical (unpaired) electrons. The number of unbranched alkanes of at least 4 members (excludes halogenated alkanes) is 1. The molecule has 0 saturated heterocycles. The molecule has 1 amide bonds. The summed E-state index contributed by atoms with van der Waals surface area (Å²) < 4.78 is 23.6. The van der Waals surface area contributed by atoms with Crippen molar-refractivity contribution in [1.82, 2.24) is 24.8 Å². The molecule has 1 aliphatic carbocycles. The standard InChI is InChI=1S/C24H26FNO4.C20H27N5O2.C10H12ClNO2/c1-15(2)26-21-6-4-3-5-20(21)24(16-7-9-17(25)10-8-16)22(26)12-11-18(27)13-19(28)14-23(29)30;26-20-12-9-15-14-17(10-11-18(15)21-20)27-13-5-4-8-19-22-23-24-25(19)16-6-2-1-3-7-16;11-9-3-1-7(2-4-9)8(6-12)5-10(13)14/h3-12,15,18-19,27-28H,13-14H2,1-2H3,(H,29,30);10-11,14,16H,1-9,12-13H2,(H,21,26);1-4,8H,5-6,12H2,(H,13,14)/b12-11+;;/t18-,19-;;/m1../s1. The molecule has 1 aliphatic heterocycles. The molecule has 378 valence electrons. The normalized spacial score (nSPS) is 15.0. The Morgan fingerprint density at radius 1 is 0.930 bits per heavy atom. The van der Waals surface area contributed by atoms with Crippen molar-refractivity contribution in [3.8, 4) is 16.9 Å². The molecule has 1 unspecified atom stereocenters. The average Bonchev–Trinajstić information content (AvgIpc) is 3.96. The largest absolute Gasteiger partial charge is 0.494 e. The number of carbonyl (C=O) groups is 3. The molecule has 0 bridgehead atoms. The number of aliphatic hydroxyl groups is 2. The number of nitrogens with two attached hydrogens (primary N) is 1. The highest BCUT2D eigenvalue weighted by Crippen LogP contribution is 2.38. The van der Waals surface area contributed by atoms with E-state index < -0.39 is 30.6 Å². The fraction of sp³-hybridized carbons (Fsp3) is 0.407. The van der Waals surface area contributed by atoms with Crippen LogP contribution in [0.15, 0.2) is 97.1 Å². The van der Waals surface area contributed by atoms with Crippen molar-refractivity contribution in [2.75, 3.05) is 18.5 Å². The first-order chi connectivity index (χ1) is 34.2. The number of anilines is 1. The van der Waals surface area contributed by atoms with Gasteiger partial charge in [0.1, 0.15) is 11.6 Å².